The molecule has 0 spiro atoms. The smallest absolute Gasteiger partial charge is 0.305 e. The SMILES string of the molecule is CC(=O)OC(OC(C)=O)[C@H](OCc1ccccc1)[C@@H](OCc1ccccc1)[C@H](OC(C)=O)[C@@H](C)OC(C)=O. The zero-order valence-corrected chi connectivity index (χ0v) is 22.2. The van der Waals surface area contributed by atoms with Crippen molar-refractivity contribution in [2.24, 2.45) is 0 Å². The molecule has 0 aromatic heterocycles. The molecule has 0 N–H and O–H groups in total. The molecule has 0 amide bonds. The van der Waals surface area contributed by atoms with Gasteiger partial charge in [0, 0.05) is 27.7 Å². The Labute approximate surface area is 222 Å². The van der Waals surface area contributed by atoms with Crippen molar-refractivity contribution in [1.82, 2.24) is 0 Å². The second kappa shape index (κ2) is 15.5. The molecular formula is C28H34O10. The summed E-state index contributed by atoms with van der Waals surface area (Å²) < 4.78 is 33.9. The van der Waals surface area contributed by atoms with Gasteiger partial charge < -0.3 is 28.4 Å². The zero-order valence-electron chi connectivity index (χ0n) is 22.2. The minimum atomic E-state index is -1.57. The van der Waals surface area contributed by atoms with Gasteiger partial charge in [0.1, 0.15) is 12.2 Å². The van der Waals surface area contributed by atoms with Crippen LogP contribution >= 0.6 is 0 Å². The van der Waals surface area contributed by atoms with Gasteiger partial charge in [0.2, 0.25) is 0 Å². The summed E-state index contributed by atoms with van der Waals surface area (Å²) >= 11 is 0. The molecule has 10 nitrogen and oxygen atoms in total. The van der Waals surface area contributed by atoms with Crippen LogP contribution < -0.4 is 0 Å². The van der Waals surface area contributed by atoms with E-state index in [2.05, 4.69) is 0 Å². The number of ether oxygens (including phenoxy) is 6. The first kappa shape index (κ1) is 30.5. The van der Waals surface area contributed by atoms with Crippen LogP contribution in [-0.2, 0) is 60.8 Å². The maximum Gasteiger partial charge on any atom is 0.305 e. The first-order valence-electron chi connectivity index (χ1n) is 12.1. The van der Waals surface area contributed by atoms with Crippen LogP contribution in [0.5, 0.6) is 0 Å². The summed E-state index contributed by atoms with van der Waals surface area (Å²) in [6, 6.07) is 18.2. The van der Waals surface area contributed by atoms with Gasteiger partial charge in [0.05, 0.1) is 13.2 Å². The summed E-state index contributed by atoms with van der Waals surface area (Å²) in [5.74, 6) is -2.79. The molecule has 0 bridgehead atoms. The fourth-order valence-corrected chi connectivity index (χ4v) is 3.67. The Balaban J connectivity index is 2.56. The first-order valence-corrected chi connectivity index (χ1v) is 12.1. The number of carbonyl (C=O) groups excluding carboxylic acids is 4. The number of carbonyl (C=O) groups is 4. The van der Waals surface area contributed by atoms with Crippen molar-refractivity contribution in [3.63, 3.8) is 0 Å². The Hall–Kier alpha value is -3.76. The van der Waals surface area contributed by atoms with Crippen LogP contribution in [0.15, 0.2) is 60.7 Å². The summed E-state index contributed by atoms with van der Waals surface area (Å²) in [5, 5.41) is 0. The van der Waals surface area contributed by atoms with Gasteiger partial charge in [-0.25, -0.2) is 0 Å². The van der Waals surface area contributed by atoms with Gasteiger partial charge in [-0.1, -0.05) is 60.7 Å². The van der Waals surface area contributed by atoms with Crippen molar-refractivity contribution in [3.05, 3.63) is 71.8 Å². The van der Waals surface area contributed by atoms with Crippen LogP contribution in [0.3, 0.4) is 0 Å². The summed E-state index contributed by atoms with van der Waals surface area (Å²) in [5.41, 5.74) is 1.54. The average Bonchev–Trinajstić information content (AvgIpc) is 2.84. The summed E-state index contributed by atoms with van der Waals surface area (Å²) in [4.78, 5) is 47.9. The molecule has 0 heterocycles. The van der Waals surface area contributed by atoms with Crippen LogP contribution in [0.2, 0.25) is 0 Å². The predicted molar refractivity (Wildman–Crippen MR) is 134 cm³/mol. The maximum atomic E-state index is 12.1. The van der Waals surface area contributed by atoms with E-state index in [-0.39, 0.29) is 13.2 Å². The van der Waals surface area contributed by atoms with E-state index in [1.54, 1.807) is 0 Å². The summed E-state index contributed by atoms with van der Waals surface area (Å²) in [6.07, 6.45) is -6.32. The Kier molecular flexibility index (Phi) is 12.4. The van der Waals surface area contributed by atoms with Crippen LogP contribution in [0.25, 0.3) is 0 Å². The van der Waals surface area contributed by atoms with Crippen LogP contribution in [0.4, 0.5) is 0 Å². The highest BCUT2D eigenvalue weighted by molar-refractivity contribution is 5.68. The van der Waals surface area contributed by atoms with Gasteiger partial charge in [-0.3, -0.25) is 19.2 Å². The monoisotopic (exact) mass is 530 g/mol. The molecular weight excluding hydrogens is 496 g/mol. The third kappa shape index (κ3) is 10.7. The van der Waals surface area contributed by atoms with Gasteiger partial charge in [0.15, 0.2) is 12.2 Å². The molecule has 0 fully saturated rings. The quantitative estimate of drug-likeness (QED) is 0.204. The molecule has 2 rings (SSSR count). The molecule has 0 aliphatic rings. The second-order valence-corrected chi connectivity index (χ2v) is 8.50. The molecule has 0 saturated carbocycles. The molecule has 2 aromatic rings. The van der Waals surface area contributed by atoms with Gasteiger partial charge in [-0.05, 0) is 18.1 Å². The van der Waals surface area contributed by atoms with Crippen molar-refractivity contribution >= 4 is 23.9 Å². The lowest BCUT2D eigenvalue weighted by molar-refractivity contribution is -0.249. The standard InChI is InChI=1S/C28H34O10/c1-18(35-19(2)29)25(36-20(3)30)26(33-16-23-12-8-6-9-13-23)27(28(37-21(4)31)38-22(5)32)34-17-24-14-10-7-11-15-24/h6-15,18,25-28H,16-17H2,1-5H3/t18-,25-,26+,27-/m1/s1. The number of hydrogen-bond acceptors (Lipinski definition) is 10. The number of benzene rings is 2. The minimum absolute atomic E-state index is 0.00444. The highest BCUT2D eigenvalue weighted by atomic mass is 16.7. The van der Waals surface area contributed by atoms with Crippen LogP contribution in [0.1, 0.15) is 45.7 Å². The van der Waals surface area contributed by atoms with E-state index in [1.165, 1.54) is 20.8 Å². The average molecular weight is 531 g/mol. The number of hydrogen-bond donors (Lipinski definition) is 0. The van der Waals surface area contributed by atoms with E-state index in [4.69, 9.17) is 28.4 Å². The lowest BCUT2D eigenvalue weighted by atomic mass is 10.0. The molecule has 4 atom stereocenters. The van der Waals surface area contributed by atoms with Crippen molar-refractivity contribution in [3.8, 4) is 0 Å². The normalized spacial score (nSPS) is 14.1. The van der Waals surface area contributed by atoms with Crippen molar-refractivity contribution in [1.29, 1.82) is 0 Å². The Bertz CT molecular complexity index is 1020. The third-order valence-electron chi connectivity index (χ3n) is 5.17. The molecule has 2 aromatic carbocycles. The van der Waals surface area contributed by atoms with Crippen molar-refractivity contribution in [2.75, 3.05) is 0 Å². The van der Waals surface area contributed by atoms with E-state index >= 15 is 0 Å². The van der Waals surface area contributed by atoms with E-state index < -0.39 is 54.6 Å². The van der Waals surface area contributed by atoms with E-state index in [0.29, 0.717) is 0 Å². The summed E-state index contributed by atoms with van der Waals surface area (Å²) in [6.45, 7) is 6.25. The van der Waals surface area contributed by atoms with Gasteiger partial charge >= 0.3 is 23.9 Å². The maximum absolute atomic E-state index is 12.1. The molecule has 206 valence electrons. The minimum Gasteiger partial charge on any atom is -0.459 e. The molecule has 38 heavy (non-hydrogen) atoms. The summed E-state index contributed by atoms with van der Waals surface area (Å²) in [7, 11) is 0. The highest BCUT2D eigenvalue weighted by Gasteiger charge is 2.45. The van der Waals surface area contributed by atoms with E-state index in [0.717, 1.165) is 25.0 Å². The fraction of sp³-hybridized carbons (Fsp3) is 0.429. The predicted octanol–water partition coefficient (Wildman–Crippen LogP) is 3.49. The number of rotatable bonds is 14. The van der Waals surface area contributed by atoms with E-state index in [1.807, 2.05) is 60.7 Å². The molecule has 0 radical (unpaired) electrons. The fourth-order valence-electron chi connectivity index (χ4n) is 3.67. The molecule has 0 aliphatic heterocycles. The number of esters is 4. The van der Waals surface area contributed by atoms with Gasteiger partial charge in [-0.15, -0.1) is 0 Å². The third-order valence-corrected chi connectivity index (χ3v) is 5.17. The first-order chi connectivity index (χ1) is 18.1. The van der Waals surface area contributed by atoms with Gasteiger partial charge in [-0.2, -0.15) is 0 Å². The lowest BCUT2D eigenvalue weighted by Gasteiger charge is -2.37. The lowest BCUT2D eigenvalue weighted by Crippen LogP contribution is -2.55. The topological polar surface area (TPSA) is 124 Å². The molecule has 10 heteroatoms. The Morgan fingerprint density at radius 2 is 0.947 bits per heavy atom. The molecule has 0 unspecified atom stereocenters. The highest BCUT2D eigenvalue weighted by Crippen LogP contribution is 2.25. The largest absolute Gasteiger partial charge is 0.459 e. The van der Waals surface area contributed by atoms with Crippen LogP contribution in [0, 0.1) is 0 Å². The second-order valence-electron chi connectivity index (χ2n) is 8.50. The van der Waals surface area contributed by atoms with Gasteiger partial charge in [0.25, 0.3) is 6.29 Å². The van der Waals surface area contributed by atoms with Crippen molar-refractivity contribution in [2.45, 2.75) is 78.5 Å². The molecule has 0 aliphatic carbocycles. The zero-order chi connectivity index (χ0) is 28.1. The Morgan fingerprint density at radius 1 is 0.553 bits per heavy atom. The Morgan fingerprint density at radius 3 is 1.34 bits per heavy atom. The van der Waals surface area contributed by atoms with Crippen LogP contribution in [-0.4, -0.2) is 54.6 Å². The van der Waals surface area contributed by atoms with E-state index in [9.17, 15) is 19.2 Å². The molecule has 0 saturated heterocycles. The van der Waals surface area contributed by atoms with Crippen molar-refractivity contribution < 1.29 is 47.6 Å².